The van der Waals surface area contributed by atoms with Gasteiger partial charge in [0.2, 0.25) is 0 Å². The van der Waals surface area contributed by atoms with Gasteiger partial charge in [-0.2, -0.15) is 0 Å². The standard InChI is InChI=1S/C13H23N3O3/c1-4-6-15(10-12(17)18)13(19)16-8-5-7-14(3)9-11(16)2/h4,11H,1,5-10H2,2-3H3,(H,17,18). The van der Waals surface area contributed by atoms with Crippen LogP contribution in [0.25, 0.3) is 0 Å². The number of nitrogens with zero attached hydrogens (tertiary/aromatic N) is 3. The van der Waals surface area contributed by atoms with Gasteiger partial charge in [0.1, 0.15) is 6.54 Å². The molecule has 1 aliphatic heterocycles. The van der Waals surface area contributed by atoms with Gasteiger partial charge in [-0.15, -0.1) is 6.58 Å². The van der Waals surface area contributed by atoms with E-state index in [0.29, 0.717) is 6.54 Å². The summed E-state index contributed by atoms with van der Waals surface area (Å²) in [6.45, 7) is 7.95. The van der Waals surface area contributed by atoms with Crippen LogP contribution in [-0.2, 0) is 4.79 Å². The van der Waals surface area contributed by atoms with Crippen LogP contribution in [0.2, 0.25) is 0 Å². The Bertz CT molecular complexity index is 346. The zero-order chi connectivity index (χ0) is 14.4. The first-order chi connectivity index (χ1) is 8.95. The average molecular weight is 269 g/mol. The normalized spacial score (nSPS) is 20.7. The van der Waals surface area contributed by atoms with E-state index >= 15 is 0 Å². The minimum absolute atomic E-state index is 0.0844. The van der Waals surface area contributed by atoms with E-state index in [0.717, 1.165) is 19.5 Å². The number of carbonyl (C=O) groups is 2. The van der Waals surface area contributed by atoms with Gasteiger partial charge in [-0.05, 0) is 26.9 Å². The van der Waals surface area contributed by atoms with E-state index in [2.05, 4.69) is 11.5 Å². The highest BCUT2D eigenvalue weighted by atomic mass is 16.4. The van der Waals surface area contributed by atoms with Crippen LogP contribution in [0.4, 0.5) is 4.79 Å². The van der Waals surface area contributed by atoms with Crippen LogP contribution in [0.1, 0.15) is 13.3 Å². The van der Waals surface area contributed by atoms with Crippen LogP contribution in [0.15, 0.2) is 12.7 Å². The van der Waals surface area contributed by atoms with Gasteiger partial charge in [0.25, 0.3) is 0 Å². The molecule has 1 saturated heterocycles. The minimum atomic E-state index is -1.00. The van der Waals surface area contributed by atoms with Crippen LogP contribution in [0.3, 0.4) is 0 Å². The number of urea groups is 1. The summed E-state index contributed by atoms with van der Waals surface area (Å²) in [6, 6.07) is -0.133. The van der Waals surface area contributed by atoms with E-state index in [-0.39, 0.29) is 25.2 Å². The highest BCUT2D eigenvalue weighted by Gasteiger charge is 2.28. The van der Waals surface area contributed by atoms with Gasteiger partial charge in [-0.3, -0.25) is 4.79 Å². The second-order valence-electron chi connectivity index (χ2n) is 5.00. The van der Waals surface area contributed by atoms with E-state index in [1.807, 2.05) is 14.0 Å². The molecule has 6 heteroatoms. The molecule has 0 aromatic heterocycles. The Kier molecular flexibility index (Phi) is 5.82. The van der Waals surface area contributed by atoms with E-state index in [4.69, 9.17) is 5.11 Å². The van der Waals surface area contributed by atoms with Crippen LogP contribution >= 0.6 is 0 Å². The van der Waals surface area contributed by atoms with Crippen molar-refractivity contribution in [2.75, 3.05) is 39.8 Å². The predicted molar refractivity (Wildman–Crippen MR) is 73.1 cm³/mol. The molecule has 2 amide bonds. The Balaban J connectivity index is 2.76. The van der Waals surface area contributed by atoms with Gasteiger partial charge >= 0.3 is 12.0 Å². The number of aliphatic carboxylic acids is 1. The summed E-state index contributed by atoms with van der Waals surface area (Å²) < 4.78 is 0. The lowest BCUT2D eigenvalue weighted by atomic mass is 10.3. The van der Waals surface area contributed by atoms with Gasteiger partial charge in [-0.25, -0.2) is 4.79 Å². The lowest BCUT2D eigenvalue weighted by molar-refractivity contribution is -0.137. The second kappa shape index (κ2) is 7.13. The first-order valence-corrected chi connectivity index (χ1v) is 6.52. The number of hydrogen-bond donors (Lipinski definition) is 1. The van der Waals surface area contributed by atoms with Crippen molar-refractivity contribution in [3.05, 3.63) is 12.7 Å². The quantitative estimate of drug-likeness (QED) is 0.763. The fourth-order valence-corrected chi connectivity index (χ4v) is 2.37. The second-order valence-corrected chi connectivity index (χ2v) is 5.00. The zero-order valence-electron chi connectivity index (χ0n) is 11.7. The molecular formula is C13H23N3O3. The molecule has 1 heterocycles. The maximum absolute atomic E-state index is 12.4. The fraction of sp³-hybridized carbons (Fsp3) is 0.692. The van der Waals surface area contributed by atoms with Crippen molar-refractivity contribution in [3.8, 4) is 0 Å². The summed E-state index contributed by atoms with van der Waals surface area (Å²) >= 11 is 0. The predicted octanol–water partition coefficient (Wildman–Crippen LogP) is 0.705. The smallest absolute Gasteiger partial charge is 0.323 e. The number of carbonyl (C=O) groups excluding carboxylic acids is 1. The zero-order valence-corrected chi connectivity index (χ0v) is 11.7. The van der Waals surface area contributed by atoms with E-state index in [1.165, 1.54) is 4.90 Å². The lowest BCUT2D eigenvalue weighted by Crippen LogP contribution is -2.50. The average Bonchev–Trinajstić information content (AvgIpc) is 2.48. The third-order valence-electron chi connectivity index (χ3n) is 3.24. The van der Waals surface area contributed by atoms with E-state index in [9.17, 15) is 9.59 Å². The third-order valence-corrected chi connectivity index (χ3v) is 3.24. The molecule has 1 atom stereocenters. The molecule has 6 nitrogen and oxygen atoms in total. The number of rotatable bonds is 4. The lowest BCUT2D eigenvalue weighted by Gasteiger charge is -2.32. The number of carboxylic acid groups (broad SMARTS) is 1. The van der Waals surface area contributed by atoms with Crippen molar-refractivity contribution in [3.63, 3.8) is 0 Å². The molecule has 1 N–H and O–H groups in total. The Morgan fingerprint density at radius 1 is 1.47 bits per heavy atom. The molecule has 0 aliphatic carbocycles. The molecule has 0 radical (unpaired) electrons. The Labute approximate surface area is 114 Å². The van der Waals surface area contributed by atoms with Crippen LogP contribution in [0, 0.1) is 0 Å². The molecular weight excluding hydrogens is 246 g/mol. The van der Waals surface area contributed by atoms with Gasteiger partial charge in [0, 0.05) is 25.7 Å². The minimum Gasteiger partial charge on any atom is -0.480 e. The Morgan fingerprint density at radius 3 is 2.74 bits per heavy atom. The van der Waals surface area contributed by atoms with Crippen molar-refractivity contribution in [1.82, 2.24) is 14.7 Å². The maximum atomic E-state index is 12.4. The first-order valence-electron chi connectivity index (χ1n) is 6.52. The van der Waals surface area contributed by atoms with Gasteiger partial charge in [0.05, 0.1) is 0 Å². The molecule has 1 rings (SSSR count). The Morgan fingerprint density at radius 2 is 2.16 bits per heavy atom. The third kappa shape index (κ3) is 4.55. The van der Waals surface area contributed by atoms with Crippen molar-refractivity contribution in [2.45, 2.75) is 19.4 Å². The van der Waals surface area contributed by atoms with Crippen LogP contribution < -0.4 is 0 Å². The van der Waals surface area contributed by atoms with Crippen LogP contribution in [0.5, 0.6) is 0 Å². The van der Waals surface area contributed by atoms with Crippen molar-refractivity contribution < 1.29 is 14.7 Å². The highest BCUT2D eigenvalue weighted by Crippen LogP contribution is 2.11. The molecule has 0 aromatic carbocycles. The molecule has 0 bridgehead atoms. The summed E-state index contributed by atoms with van der Waals surface area (Å²) in [6.07, 6.45) is 2.46. The van der Waals surface area contributed by atoms with Crippen molar-refractivity contribution in [2.24, 2.45) is 0 Å². The van der Waals surface area contributed by atoms with E-state index in [1.54, 1.807) is 11.0 Å². The number of likely N-dealkylation sites (N-methyl/N-ethyl adjacent to an activating group) is 1. The molecule has 0 aromatic rings. The van der Waals surface area contributed by atoms with Gasteiger partial charge < -0.3 is 19.8 Å². The summed E-state index contributed by atoms with van der Waals surface area (Å²) in [4.78, 5) is 28.5. The SMILES string of the molecule is C=CCN(CC(=O)O)C(=O)N1CCCN(C)CC1C. The summed E-state index contributed by atoms with van der Waals surface area (Å²) in [7, 11) is 2.03. The van der Waals surface area contributed by atoms with Crippen molar-refractivity contribution >= 4 is 12.0 Å². The largest absolute Gasteiger partial charge is 0.480 e. The monoisotopic (exact) mass is 269 g/mol. The van der Waals surface area contributed by atoms with Gasteiger partial charge in [0.15, 0.2) is 0 Å². The molecule has 0 spiro atoms. The molecule has 19 heavy (non-hydrogen) atoms. The maximum Gasteiger partial charge on any atom is 0.323 e. The summed E-state index contributed by atoms with van der Waals surface area (Å²) in [5.41, 5.74) is 0. The Hall–Kier alpha value is -1.56. The van der Waals surface area contributed by atoms with Gasteiger partial charge in [-0.1, -0.05) is 6.08 Å². The topological polar surface area (TPSA) is 64.1 Å². The molecule has 108 valence electrons. The number of amides is 2. The van der Waals surface area contributed by atoms with E-state index < -0.39 is 5.97 Å². The first kappa shape index (κ1) is 15.5. The summed E-state index contributed by atoms with van der Waals surface area (Å²) in [5.74, 6) is -1.00. The number of carboxylic acids is 1. The highest BCUT2D eigenvalue weighted by molar-refractivity contribution is 5.80. The number of hydrogen-bond acceptors (Lipinski definition) is 3. The molecule has 1 aliphatic rings. The fourth-order valence-electron chi connectivity index (χ4n) is 2.37. The van der Waals surface area contributed by atoms with Crippen molar-refractivity contribution in [1.29, 1.82) is 0 Å². The van der Waals surface area contributed by atoms with Crippen LogP contribution in [-0.4, -0.2) is 77.6 Å². The molecule has 1 fully saturated rings. The molecule has 1 unspecified atom stereocenters. The molecule has 0 saturated carbocycles. The summed E-state index contributed by atoms with van der Waals surface area (Å²) in [5, 5.41) is 8.87.